The molecular weight excluding hydrogens is 217 g/mol. The number of ether oxygens (including phenoxy) is 1. The van der Waals surface area contributed by atoms with E-state index in [0.29, 0.717) is 5.69 Å². The second-order valence-electron chi connectivity index (χ2n) is 3.30. The molecule has 1 aliphatic rings. The molecule has 1 saturated heterocycles. The van der Waals surface area contributed by atoms with Gasteiger partial charge in [0.1, 0.15) is 5.82 Å². The van der Waals surface area contributed by atoms with Crippen molar-refractivity contribution >= 4 is 17.7 Å². The summed E-state index contributed by atoms with van der Waals surface area (Å²) in [6, 6.07) is 5.16. The molecule has 16 heavy (non-hydrogen) atoms. The van der Waals surface area contributed by atoms with E-state index in [1.807, 2.05) is 0 Å². The molecule has 1 fully saturated rings. The maximum absolute atomic E-state index is 12.6. The van der Waals surface area contributed by atoms with Crippen LogP contribution in [-0.4, -0.2) is 29.8 Å². The Balaban J connectivity index is 2.20. The minimum atomic E-state index is -1.20. The minimum Gasteiger partial charge on any atom is -0.478 e. The molecule has 0 unspecified atom stereocenters. The molecule has 2 rings (SSSR count). The lowest BCUT2D eigenvalue weighted by Crippen LogP contribution is -2.27. The van der Waals surface area contributed by atoms with Crippen molar-refractivity contribution in [2.75, 3.05) is 11.4 Å². The molecule has 0 spiro atoms. The molecule has 1 aromatic carbocycles. The molecule has 6 heteroatoms. The van der Waals surface area contributed by atoms with Gasteiger partial charge in [-0.1, -0.05) is 0 Å². The number of aliphatic carboxylic acids is 1. The highest BCUT2D eigenvalue weighted by atomic mass is 19.1. The lowest BCUT2D eigenvalue weighted by molar-refractivity contribution is -0.144. The molecule has 1 atom stereocenters. The number of halogens is 1. The molecule has 0 radical (unpaired) electrons. The SMILES string of the molecule is O=C(O)[C@H]1CN(c2ccc(F)cc2)C(=O)O1. The summed E-state index contributed by atoms with van der Waals surface area (Å²) >= 11 is 0. The third-order valence-electron chi connectivity index (χ3n) is 2.23. The van der Waals surface area contributed by atoms with E-state index in [9.17, 15) is 14.0 Å². The summed E-state index contributed by atoms with van der Waals surface area (Å²) in [4.78, 5) is 23.1. The van der Waals surface area contributed by atoms with Gasteiger partial charge in [0.25, 0.3) is 0 Å². The molecule has 1 aliphatic heterocycles. The average molecular weight is 225 g/mol. The fourth-order valence-corrected chi connectivity index (χ4v) is 1.42. The van der Waals surface area contributed by atoms with Crippen LogP contribution in [0.5, 0.6) is 0 Å². The maximum atomic E-state index is 12.6. The standard InChI is InChI=1S/C10H8FNO4/c11-6-1-3-7(4-2-6)12-5-8(9(13)14)16-10(12)15/h1-4,8H,5H2,(H,13,14)/t8-/m1/s1. The van der Waals surface area contributed by atoms with Crippen LogP contribution in [0.2, 0.25) is 0 Å². The van der Waals surface area contributed by atoms with Crippen LogP contribution in [0.15, 0.2) is 24.3 Å². The molecule has 1 amide bonds. The number of carbonyl (C=O) groups excluding carboxylic acids is 1. The maximum Gasteiger partial charge on any atom is 0.415 e. The number of carboxylic acids is 1. The van der Waals surface area contributed by atoms with Crippen molar-refractivity contribution in [1.82, 2.24) is 0 Å². The number of rotatable bonds is 2. The number of carboxylic acid groups (broad SMARTS) is 1. The molecule has 1 aromatic rings. The monoisotopic (exact) mass is 225 g/mol. The van der Waals surface area contributed by atoms with Crippen molar-refractivity contribution in [1.29, 1.82) is 0 Å². The molecule has 5 nitrogen and oxygen atoms in total. The highest BCUT2D eigenvalue weighted by molar-refractivity contribution is 5.93. The Bertz CT molecular complexity index is 431. The Morgan fingerprint density at radius 3 is 2.56 bits per heavy atom. The van der Waals surface area contributed by atoms with E-state index in [0.717, 1.165) is 4.90 Å². The molecule has 0 saturated carbocycles. The Morgan fingerprint density at radius 1 is 1.44 bits per heavy atom. The number of anilines is 1. The van der Waals surface area contributed by atoms with Crippen molar-refractivity contribution in [2.45, 2.75) is 6.10 Å². The van der Waals surface area contributed by atoms with E-state index in [1.54, 1.807) is 0 Å². The van der Waals surface area contributed by atoms with Crippen LogP contribution in [-0.2, 0) is 9.53 Å². The predicted octanol–water partition coefficient (Wildman–Crippen LogP) is 1.24. The zero-order chi connectivity index (χ0) is 11.7. The predicted molar refractivity (Wildman–Crippen MR) is 51.7 cm³/mol. The highest BCUT2D eigenvalue weighted by Gasteiger charge is 2.36. The Morgan fingerprint density at radius 2 is 2.06 bits per heavy atom. The van der Waals surface area contributed by atoms with E-state index >= 15 is 0 Å². The molecule has 1 N–H and O–H groups in total. The quantitative estimate of drug-likeness (QED) is 0.822. The van der Waals surface area contributed by atoms with Crippen LogP contribution in [0.25, 0.3) is 0 Å². The second-order valence-corrected chi connectivity index (χ2v) is 3.30. The number of carbonyl (C=O) groups is 2. The van der Waals surface area contributed by atoms with Crippen molar-refractivity contribution in [2.24, 2.45) is 0 Å². The molecule has 84 valence electrons. The first-order valence-corrected chi connectivity index (χ1v) is 4.54. The number of hydrogen-bond donors (Lipinski definition) is 1. The van der Waals surface area contributed by atoms with Crippen LogP contribution in [0.1, 0.15) is 0 Å². The van der Waals surface area contributed by atoms with Gasteiger partial charge < -0.3 is 9.84 Å². The van der Waals surface area contributed by atoms with Gasteiger partial charge in [-0.05, 0) is 24.3 Å². The molecular formula is C10H8FNO4. The van der Waals surface area contributed by atoms with Crippen molar-refractivity contribution in [3.63, 3.8) is 0 Å². The van der Waals surface area contributed by atoms with Gasteiger partial charge in [0.15, 0.2) is 0 Å². The van der Waals surface area contributed by atoms with Crippen LogP contribution in [0, 0.1) is 5.82 Å². The van der Waals surface area contributed by atoms with Crippen molar-refractivity contribution < 1.29 is 23.8 Å². The fraction of sp³-hybridized carbons (Fsp3) is 0.200. The van der Waals surface area contributed by atoms with Gasteiger partial charge in [0.05, 0.1) is 6.54 Å². The zero-order valence-electron chi connectivity index (χ0n) is 8.09. The summed E-state index contributed by atoms with van der Waals surface area (Å²) in [5.74, 6) is -1.62. The van der Waals surface area contributed by atoms with E-state index in [2.05, 4.69) is 4.74 Å². The van der Waals surface area contributed by atoms with Gasteiger partial charge in [0, 0.05) is 5.69 Å². The lowest BCUT2D eigenvalue weighted by Gasteiger charge is -2.11. The van der Waals surface area contributed by atoms with E-state index in [4.69, 9.17) is 5.11 Å². The first-order chi connectivity index (χ1) is 7.58. The number of cyclic esters (lactones) is 1. The van der Waals surface area contributed by atoms with Gasteiger partial charge in [0.2, 0.25) is 6.10 Å². The topological polar surface area (TPSA) is 66.8 Å². The molecule has 0 aliphatic carbocycles. The van der Waals surface area contributed by atoms with Gasteiger partial charge in [-0.25, -0.2) is 14.0 Å². The van der Waals surface area contributed by atoms with Gasteiger partial charge in [-0.2, -0.15) is 0 Å². The van der Waals surface area contributed by atoms with E-state index < -0.39 is 24.0 Å². The Hall–Kier alpha value is -2.11. The summed E-state index contributed by atoms with van der Waals surface area (Å²) in [6.45, 7) is -0.0696. The highest BCUT2D eigenvalue weighted by Crippen LogP contribution is 2.21. The number of hydrogen-bond acceptors (Lipinski definition) is 3. The summed E-state index contributed by atoms with van der Waals surface area (Å²) in [5, 5.41) is 8.68. The Labute approximate surface area is 90.0 Å². The normalized spacial score (nSPS) is 19.7. The summed E-state index contributed by atoms with van der Waals surface area (Å²) < 4.78 is 17.3. The summed E-state index contributed by atoms with van der Waals surface area (Å²) in [5.41, 5.74) is 0.412. The molecule has 0 bridgehead atoms. The fourth-order valence-electron chi connectivity index (χ4n) is 1.42. The number of benzene rings is 1. The smallest absolute Gasteiger partial charge is 0.415 e. The van der Waals surface area contributed by atoms with Gasteiger partial charge >= 0.3 is 12.1 Å². The van der Waals surface area contributed by atoms with Crippen LogP contribution in [0.3, 0.4) is 0 Å². The van der Waals surface area contributed by atoms with E-state index in [-0.39, 0.29) is 6.54 Å². The third-order valence-corrected chi connectivity index (χ3v) is 2.23. The minimum absolute atomic E-state index is 0.0696. The van der Waals surface area contributed by atoms with Crippen molar-refractivity contribution in [3.05, 3.63) is 30.1 Å². The first kappa shape index (κ1) is 10.4. The number of nitrogens with zero attached hydrogens (tertiary/aromatic N) is 1. The van der Waals surface area contributed by atoms with Crippen molar-refractivity contribution in [3.8, 4) is 0 Å². The Kier molecular flexibility index (Phi) is 2.47. The second kappa shape index (κ2) is 3.80. The van der Waals surface area contributed by atoms with E-state index in [1.165, 1.54) is 24.3 Å². The van der Waals surface area contributed by atoms with Crippen LogP contribution >= 0.6 is 0 Å². The van der Waals surface area contributed by atoms with Crippen LogP contribution < -0.4 is 4.90 Å². The van der Waals surface area contributed by atoms with Crippen LogP contribution in [0.4, 0.5) is 14.9 Å². The molecule has 0 aromatic heterocycles. The van der Waals surface area contributed by atoms with Gasteiger partial charge in [-0.15, -0.1) is 0 Å². The largest absolute Gasteiger partial charge is 0.478 e. The lowest BCUT2D eigenvalue weighted by atomic mass is 10.2. The first-order valence-electron chi connectivity index (χ1n) is 4.54. The van der Waals surface area contributed by atoms with Gasteiger partial charge in [-0.3, -0.25) is 4.90 Å². The average Bonchev–Trinajstić information content (AvgIpc) is 2.62. The molecule has 1 heterocycles. The summed E-state index contributed by atoms with van der Waals surface area (Å²) in [7, 11) is 0. The number of amides is 1. The zero-order valence-corrected chi connectivity index (χ0v) is 8.09. The summed E-state index contributed by atoms with van der Waals surface area (Å²) in [6.07, 6.45) is -1.91. The third kappa shape index (κ3) is 1.81.